The van der Waals surface area contributed by atoms with Crippen LogP contribution < -0.4 is 0 Å². The Bertz CT molecular complexity index is 418. The van der Waals surface area contributed by atoms with Gasteiger partial charge in [-0.1, -0.05) is 12.1 Å². The summed E-state index contributed by atoms with van der Waals surface area (Å²) in [5.41, 5.74) is 0.661. The Morgan fingerprint density at radius 1 is 1.33 bits per heavy atom. The fourth-order valence-corrected chi connectivity index (χ4v) is 2.17. The van der Waals surface area contributed by atoms with Gasteiger partial charge in [0.2, 0.25) is 0 Å². The Labute approximate surface area is 106 Å². The van der Waals surface area contributed by atoms with Crippen LogP contribution in [0.3, 0.4) is 0 Å². The van der Waals surface area contributed by atoms with Crippen LogP contribution in [0.4, 0.5) is 5.69 Å². The van der Waals surface area contributed by atoms with E-state index in [1.165, 1.54) is 12.1 Å². The van der Waals surface area contributed by atoms with Crippen molar-refractivity contribution in [3.8, 4) is 0 Å². The summed E-state index contributed by atoms with van der Waals surface area (Å²) in [6, 6.07) is 6.67. The number of non-ortho nitro benzene ring substituents is 1. The molecule has 1 aromatic rings. The molecular formula is C13H18N2O3. The van der Waals surface area contributed by atoms with E-state index in [4.69, 9.17) is 0 Å². The molecule has 5 heteroatoms. The number of hydrogen-bond donors (Lipinski definition) is 1. The summed E-state index contributed by atoms with van der Waals surface area (Å²) in [4.78, 5) is 12.4. The standard InChI is InChI=1S/C13H18N2O3/c1-13(16)6-8-14(9-7-13)10-11-2-4-12(5-3-11)15(17)18/h2-5,16H,6-10H2,1H3. The zero-order chi connectivity index (χ0) is 13.2. The van der Waals surface area contributed by atoms with Gasteiger partial charge >= 0.3 is 0 Å². The van der Waals surface area contributed by atoms with Crippen molar-refractivity contribution in [1.82, 2.24) is 4.90 Å². The minimum atomic E-state index is -0.536. The number of aliphatic hydroxyl groups is 1. The van der Waals surface area contributed by atoms with Gasteiger partial charge < -0.3 is 5.11 Å². The monoisotopic (exact) mass is 250 g/mol. The third-order valence-corrected chi connectivity index (χ3v) is 3.49. The normalized spacial score (nSPS) is 19.7. The molecule has 0 radical (unpaired) electrons. The van der Waals surface area contributed by atoms with E-state index in [1.807, 2.05) is 6.92 Å². The lowest BCUT2D eigenvalue weighted by Crippen LogP contribution is -2.41. The first kappa shape index (κ1) is 13.0. The van der Waals surface area contributed by atoms with Gasteiger partial charge in [0, 0.05) is 31.8 Å². The molecule has 1 N–H and O–H groups in total. The van der Waals surface area contributed by atoms with Gasteiger partial charge in [-0.2, -0.15) is 0 Å². The highest BCUT2D eigenvalue weighted by Gasteiger charge is 2.27. The summed E-state index contributed by atoms with van der Waals surface area (Å²) in [7, 11) is 0. The largest absolute Gasteiger partial charge is 0.390 e. The van der Waals surface area contributed by atoms with E-state index in [1.54, 1.807) is 12.1 Å². The fourth-order valence-electron chi connectivity index (χ4n) is 2.17. The molecule has 1 aromatic carbocycles. The highest BCUT2D eigenvalue weighted by atomic mass is 16.6. The first-order valence-corrected chi connectivity index (χ1v) is 6.14. The summed E-state index contributed by atoms with van der Waals surface area (Å²) >= 11 is 0. The van der Waals surface area contributed by atoms with E-state index in [0.717, 1.165) is 38.0 Å². The zero-order valence-electron chi connectivity index (χ0n) is 10.5. The lowest BCUT2D eigenvalue weighted by Gasteiger charge is -2.35. The van der Waals surface area contributed by atoms with Crippen LogP contribution in [-0.4, -0.2) is 33.6 Å². The number of piperidine rings is 1. The number of benzene rings is 1. The van der Waals surface area contributed by atoms with Crippen molar-refractivity contribution in [2.24, 2.45) is 0 Å². The van der Waals surface area contributed by atoms with Gasteiger partial charge in [0.1, 0.15) is 0 Å². The second-order valence-electron chi connectivity index (χ2n) is 5.20. The molecule has 18 heavy (non-hydrogen) atoms. The maximum atomic E-state index is 10.5. The topological polar surface area (TPSA) is 66.6 Å². The lowest BCUT2D eigenvalue weighted by molar-refractivity contribution is -0.384. The molecule has 0 aliphatic carbocycles. The van der Waals surface area contributed by atoms with Crippen LogP contribution >= 0.6 is 0 Å². The van der Waals surface area contributed by atoms with Crippen LogP contribution in [0.5, 0.6) is 0 Å². The molecule has 98 valence electrons. The Kier molecular flexibility index (Phi) is 3.63. The van der Waals surface area contributed by atoms with Crippen LogP contribution in [0.25, 0.3) is 0 Å². The minimum Gasteiger partial charge on any atom is -0.390 e. The molecule has 0 saturated carbocycles. The van der Waals surface area contributed by atoms with Gasteiger partial charge in [-0.3, -0.25) is 15.0 Å². The van der Waals surface area contributed by atoms with Gasteiger partial charge in [0.05, 0.1) is 10.5 Å². The first-order valence-electron chi connectivity index (χ1n) is 6.14. The third kappa shape index (κ3) is 3.27. The number of nitro groups is 1. The van der Waals surface area contributed by atoms with Crippen molar-refractivity contribution in [2.45, 2.75) is 31.9 Å². The highest BCUT2D eigenvalue weighted by Crippen LogP contribution is 2.22. The average molecular weight is 250 g/mol. The predicted octanol–water partition coefficient (Wildman–Crippen LogP) is 1.94. The maximum Gasteiger partial charge on any atom is 0.269 e. The number of rotatable bonds is 3. The van der Waals surface area contributed by atoms with Crippen LogP contribution in [0.2, 0.25) is 0 Å². The summed E-state index contributed by atoms with van der Waals surface area (Å²) in [5, 5.41) is 20.4. The van der Waals surface area contributed by atoms with Gasteiger partial charge in [0.15, 0.2) is 0 Å². The van der Waals surface area contributed by atoms with E-state index >= 15 is 0 Å². The lowest BCUT2D eigenvalue weighted by atomic mass is 9.93. The van der Waals surface area contributed by atoms with E-state index in [0.29, 0.717) is 0 Å². The van der Waals surface area contributed by atoms with Crippen molar-refractivity contribution in [2.75, 3.05) is 13.1 Å². The molecular weight excluding hydrogens is 232 g/mol. The molecule has 0 unspecified atom stereocenters. The third-order valence-electron chi connectivity index (χ3n) is 3.49. The molecule has 1 aliphatic rings. The van der Waals surface area contributed by atoms with Crippen LogP contribution in [-0.2, 0) is 6.54 Å². The highest BCUT2D eigenvalue weighted by molar-refractivity contribution is 5.32. The number of nitrogens with zero attached hydrogens (tertiary/aromatic N) is 2. The number of hydrogen-bond acceptors (Lipinski definition) is 4. The average Bonchev–Trinajstić information content (AvgIpc) is 2.33. The van der Waals surface area contributed by atoms with Gasteiger partial charge in [0.25, 0.3) is 5.69 Å². The zero-order valence-corrected chi connectivity index (χ0v) is 10.5. The van der Waals surface area contributed by atoms with Crippen molar-refractivity contribution in [3.05, 3.63) is 39.9 Å². The fraction of sp³-hybridized carbons (Fsp3) is 0.538. The SMILES string of the molecule is CC1(O)CCN(Cc2ccc([N+](=O)[O-])cc2)CC1. The van der Waals surface area contributed by atoms with E-state index < -0.39 is 5.60 Å². The molecule has 5 nitrogen and oxygen atoms in total. The minimum absolute atomic E-state index is 0.125. The summed E-state index contributed by atoms with van der Waals surface area (Å²) in [6.45, 7) is 4.39. The molecule has 0 amide bonds. The Morgan fingerprint density at radius 2 is 1.89 bits per heavy atom. The molecule has 1 fully saturated rings. The van der Waals surface area contributed by atoms with Crippen LogP contribution in [0.15, 0.2) is 24.3 Å². The molecule has 0 spiro atoms. The van der Waals surface area contributed by atoms with E-state index in [2.05, 4.69) is 4.90 Å². The second kappa shape index (κ2) is 5.04. The first-order chi connectivity index (χ1) is 8.46. The smallest absolute Gasteiger partial charge is 0.269 e. The predicted molar refractivity (Wildman–Crippen MR) is 68.2 cm³/mol. The quantitative estimate of drug-likeness (QED) is 0.657. The molecule has 0 bridgehead atoms. The van der Waals surface area contributed by atoms with Crippen molar-refractivity contribution >= 4 is 5.69 Å². The summed E-state index contributed by atoms with van der Waals surface area (Å²) in [5.74, 6) is 0. The summed E-state index contributed by atoms with van der Waals surface area (Å²) < 4.78 is 0. The Hall–Kier alpha value is -1.46. The summed E-state index contributed by atoms with van der Waals surface area (Å²) in [6.07, 6.45) is 1.56. The number of likely N-dealkylation sites (tertiary alicyclic amines) is 1. The van der Waals surface area contributed by atoms with Crippen LogP contribution in [0.1, 0.15) is 25.3 Å². The van der Waals surface area contributed by atoms with Crippen molar-refractivity contribution in [1.29, 1.82) is 0 Å². The van der Waals surface area contributed by atoms with Gasteiger partial charge in [-0.05, 0) is 25.3 Å². The number of nitro benzene ring substituents is 1. The van der Waals surface area contributed by atoms with E-state index in [9.17, 15) is 15.2 Å². The van der Waals surface area contributed by atoms with Gasteiger partial charge in [-0.15, -0.1) is 0 Å². The molecule has 0 atom stereocenters. The second-order valence-corrected chi connectivity index (χ2v) is 5.20. The Balaban J connectivity index is 1.92. The molecule has 1 aliphatic heterocycles. The maximum absolute atomic E-state index is 10.5. The van der Waals surface area contributed by atoms with Crippen molar-refractivity contribution < 1.29 is 10.0 Å². The Morgan fingerprint density at radius 3 is 2.39 bits per heavy atom. The van der Waals surface area contributed by atoms with Crippen molar-refractivity contribution in [3.63, 3.8) is 0 Å². The van der Waals surface area contributed by atoms with Crippen LogP contribution in [0, 0.1) is 10.1 Å². The van der Waals surface area contributed by atoms with E-state index in [-0.39, 0.29) is 10.6 Å². The molecule has 2 rings (SSSR count). The molecule has 0 aromatic heterocycles. The van der Waals surface area contributed by atoms with Gasteiger partial charge in [-0.25, -0.2) is 0 Å². The molecule has 1 saturated heterocycles. The molecule has 1 heterocycles.